The van der Waals surface area contributed by atoms with E-state index in [1.807, 2.05) is 6.92 Å². The average Bonchev–Trinajstić information content (AvgIpc) is 3.02. The first-order valence-electron chi connectivity index (χ1n) is 6.34. The highest BCUT2D eigenvalue weighted by Crippen LogP contribution is 2.46. The number of carbonyl (C=O) groups is 1. The normalized spacial score (nSPS) is 16.8. The highest BCUT2D eigenvalue weighted by atomic mass is 16.4. The number of carboxylic acid groups (broad SMARTS) is 1. The zero-order valence-electron chi connectivity index (χ0n) is 10.6. The smallest absolute Gasteiger partial charge is 0.309 e. The van der Waals surface area contributed by atoms with Gasteiger partial charge >= 0.3 is 5.97 Å². The van der Waals surface area contributed by atoms with Gasteiger partial charge in [0, 0.05) is 5.41 Å². The number of nitrogens with zero attached hydrogens (tertiary/aromatic N) is 3. The third-order valence-corrected chi connectivity index (χ3v) is 3.50. The van der Waals surface area contributed by atoms with Crippen molar-refractivity contribution in [2.75, 3.05) is 6.61 Å². The minimum absolute atomic E-state index is 0.0450. The van der Waals surface area contributed by atoms with Gasteiger partial charge in [0.2, 0.25) is 0 Å². The highest BCUT2D eigenvalue weighted by Gasteiger charge is 2.43. The zero-order chi connectivity index (χ0) is 13.2. The molecule has 1 aromatic heterocycles. The van der Waals surface area contributed by atoms with Gasteiger partial charge in [0.15, 0.2) is 0 Å². The fraction of sp³-hybridized carbons (Fsp3) is 0.750. The molecule has 0 unspecified atom stereocenters. The van der Waals surface area contributed by atoms with Crippen LogP contribution < -0.4 is 0 Å². The maximum absolute atomic E-state index is 10.8. The third kappa shape index (κ3) is 2.69. The predicted octanol–water partition coefficient (Wildman–Crippen LogP) is 0.630. The van der Waals surface area contributed by atoms with Crippen LogP contribution in [0.25, 0.3) is 0 Å². The average molecular weight is 253 g/mol. The minimum atomic E-state index is -0.886. The lowest BCUT2D eigenvalue weighted by molar-refractivity contribution is -0.136. The van der Waals surface area contributed by atoms with Crippen molar-refractivity contribution in [3.05, 3.63) is 11.4 Å². The quantitative estimate of drug-likeness (QED) is 0.744. The van der Waals surface area contributed by atoms with Crippen LogP contribution >= 0.6 is 0 Å². The summed E-state index contributed by atoms with van der Waals surface area (Å²) in [5, 5.41) is 26.2. The molecular weight excluding hydrogens is 234 g/mol. The molecule has 0 bridgehead atoms. The van der Waals surface area contributed by atoms with Gasteiger partial charge in [0.25, 0.3) is 0 Å². The molecule has 0 aromatic carbocycles. The molecule has 1 aromatic rings. The molecule has 0 amide bonds. The second-order valence-electron chi connectivity index (χ2n) is 5.12. The predicted molar refractivity (Wildman–Crippen MR) is 64.1 cm³/mol. The van der Waals surface area contributed by atoms with Crippen molar-refractivity contribution < 1.29 is 15.0 Å². The van der Waals surface area contributed by atoms with E-state index in [4.69, 9.17) is 5.11 Å². The summed E-state index contributed by atoms with van der Waals surface area (Å²) in [5.74, 6) is -0.886. The first-order valence-corrected chi connectivity index (χ1v) is 6.34. The third-order valence-electron chi connectivity index (χ3n) is 3.50. The van der Waals surface area contributed by atoms with Crippen molar-refractivity contribution in [3.63, 3.8) is 0 Å². The molecule has 2 rings (SSSR count). The van der Waals surface area contributed by atoms with Crippen LogP contribution in [0.5, 0.6) is 0 Å². The Hall–Kier alpha value is -1.43. The number of hydrogen-bond acceptors (Lipinski definition) is 4. The van der Waals surface area contributed by atoms with E-state index < -0.39 is 5.97 Å². The molecule has 6 nitrogen and oxygen atoms in total. The fourth-order valence-corrected chi connectivity index (χ4v) is 2.15. The number of carboxylic acids is 1. The number of aliphatic hydroxyl groups is 1. The second-order valence-corrected chi connectivity index (χ2v) is 5.12. The Morgan fingerprint density at radius 2 is 2.22 bits per heavy atom. The number of aliphatic hydroxyl groups excluding tert-OH is 1. The maximum atomic E-state index is 10.8. The topological polar surface area (TPSA) is 88.2 Å². The van der Waals surface area contributed by atoms with Gasteiger partial charge in [-0.3, -0.25) is 4.79 Å². The summed E-state index contributed by atoms with van der Waals surface area (Å²) in [6.45, 7) is 2.85. The molecule has 0 saturated heterocycles. The molecule has 18 heavy (non-hydrogen) atoms. The molecular formula is C12H19N3O3. The van der Waals surface area contributed by atoms with Crippen molar-refractivity contribution >= 4 is 5.97 Å². The Kier molecular flexibility index (Phi) is 3.65. The minimum Gasteiger partial charge on any atom is -0.481 e. The van der Waals surface area contributed by atoms with E-state index in [-0.39, 0.29) is 18.4 Å². The number of rotatable bonds is 7. The van der Waals surface area contributed by atoms with E-state index in [1.54, 1.807) is 4.68 Å². The molecule has 100 valence electrons. The summed E-state index contributed by atoms with van der Waals surface area (Å²) in [5.41, 5.74) is 1.41. The Morgan fingerprint density at radius 3 is 2.72 bits per heavy atom. The number of aromatic nitrogens is 3. The first kappa shape index (κ1) is 13.0. The molecule has 0 spiro atoms. The Bertz CT molecular complexity index is 438. The largest absolute Gasteiger partial charge is 0.481 e. The summed E-state index contributed by atoms with van der Waals surface area (Å²) >= 11 is 0. The lowest BCUT2D eigenvalue weighted by Gasteiger charge is -2.13. The van der Waals surface area contributed by atoms with Crippen molar-refractivity contribution in [2.24, 2.45) is 5.41 Å². The van der Waals surface area contributed by atoms with Crippen molar-refractivity contribution in [3.8, 4) is 0 Å². The van der Waals surface area contributed by atoms with Crippen LogP contribution in [0.4, 0.5) is 0 Å². The van der Waals surface area contributed by atoms with Gasteiger partial charge in [-0.1, -0.05) is 18.6 Å². The van der Waals surface area contributed by atoms with Gasteiger partial charge in [-0.05, 0) is 19.3 Å². The summed E-state index contributed by atoms with van der Waals surface area (Å²) in [6, 6.07) is 0. The lowest BCUT2D eigenvalue weighted by Crippen LogP contribution is -2.19. The second kappa shape index (κ2) is 5.06. The monoisotopic (exact) mass is 253 g/mol. The van der Waals surface area contributed by atoms with E-state index in [0.29, 0.717) is 12.2 Å². The zero-order valence-corrected chi connectivity index (χ0v) is 10.6. The van der Waals surface area contributed by atoms with E-state index in [1.165, 1.54) is 0 Å². The lowest BCUT2D eigenvalue weighted by atomic mass is 10.1. The molecule has 1 aliphatic rings. The Balaban J connectivity index is 2.18. The van der Waals surface area contributed by atoms with Crippen LogP contribution in [0.15, 0.2) is 0 Å². The number of hydrogen-bond donors (Lipinski definition) is 2. The van der Waals surface area contributed by atoms with Gasteiger partial charge in [0.05, 0.1) is 31.0 Å². The maximum Gasteiger partial charge on any atom is 0.309 e. The van der Waals surface area contributed by atoms with Gasteiger partial charge in [-0.15, -0.1) is 5.10 Å². The Labute approximate surface area is 106 Å². The molecule has 0 aliphatic heterocycles. The van der Waals surface area contributed by atoms with Crippen molar-refractivity contribution in [1.29, 1.82) is 0 Å². The van der Waals surface area contributed by atoms with E-state index in [9.17, 15) is 9.90 Å². The molecule has 1 heterocycles. The molecule has 1 saturated carbocycles. The van der Waals surface area contributed by atoms with Crippen molar-refractivity contribution in [2.45, 2.75) is 45.6 Å². The molecule has 0 atom stereocenters. The summed E-state index contributed by atoms with van der Waals surface area (Å²) in [7, 11) is 0. The van der Waals surface area contributed by atoms with Crippen LogP contribution in [0, 0.1) is 5.41 Å². The number of aliphatic carboxylic acids is 1. The van der Waals surface area contributed by atoms with Gasteiger partial charge < -0.3 is 10.2 Å². The van der Waals surface area contributed by atoms with Crippen molar-refractivity contribution in [1.82, 2.24) is 15.0 Å². The summed E-state index contributed by atoms with van der Waals surface area (Å²) < 4.78 is 1.78. The van der Waals surface area contributed by atoms with Gasteiger partial charge in [0.1, 0.15) is 0 Å². The van der Waals surface area contributed by atoms with E-state index >= 15 is 0 Å². The van der Waals surface area contributed by atoms with E-state index in [0.717, 1.165) is 31.4 Å². The fourth-order valence-electron chi connectivity index (χ4n) is 2.15. The SMILES string of the molecule is CCCc1c(CC(=O)O)nnn1CC1(CO)CC1. The highest BCUT2D eigenvalue weighted by molar-refractivity contribution is 5.69. The molecule has 6 heteroatoms. The van der Waals surface area contributed by atoms with Crippen LogP contribution in [-0.4, -0.2) is 37.8 Å². The summed E-state index contributed by atoms with van der Waals surface area (Å²) in [6.07, 6.45) is 3.62. The van der Waals surface area contributed by atoms with Crippen LogP contribution in [0.3, 0.4) is 0 Å². The van der Waals surface area contributed by atoms with Crippen LogP contribution in [0.1, 0.15) is 37.6 Å². The van der Waals surface area contributed by atoms with Gasteiger partial charge in [-0.2, -0.15) is 0 Å². The molecule has 2 N–H and O–H groups in total. The molecule has 0 radical (unpaired) electrons. The van der Waals surface area contributed by atoms with Gasteiger partial charge in [-0.25, -0.2) is 4.68 Å². The summed E-state index contributed by atoms with van der Waals surface area (Å²) in [4.78, 5) is 10.8. The van der Waals surface area contributed by atoms with Crippen LogP contribution in [0.2, 0.25) is 0 Å². The Morgan fingerprint density at radius 1 is 1.50 bits per heavy atom. The van der Waals surface area contributed by atoms with Crippen LogP contribution in [-0.2, 0) is 24.2 Å². The first-order chi connectivity index (χ1) is 8.60. The standard InChI is InChI=1S/C12H19N3O3/c1-2-3-10-9(6-11(17)18)13-14-15(10)7-12(8-16)4-5-12/h16H,2-8H2,1H3,(H,17,18). The molecule has 1 aliphatic carbocycles. The molecule has 1 fully saturated rings. The van der Waals surface area contributed by atoms with E-state index in [2.05, 4.69) is 10.3 Å².